The van der Waals surface area contributed by atoms with Gasteiger partial charge in [0, 0.05) is 5.92 Å². The molecule has 0 aromatic heterocycles. The zero-order valence-corrected chi connectivity index (χ0v) is 10.2. The molecule has 98 valence electrons. The molecule has 2 atom stereocenters. The molecule has 0 radical (unpaired) electrons. The smallest absolute Gasteiger partial charge is 0.303 e. The Morgan fingerprint density at radius 3 is 2.33 bits per heavy atom. The van der Waals surface area contributed by atoms with Crippen LogP contribution in [0.2, 0.25) is 0 Å². The van der Waals surface area contributed by atoms with Gasteiger partial charge < -0.3 is 4.79 Å². The van der Waals surface area contributed by atoms with Crippen LogP contribution < -0.4 is 0 Å². The highest BCUT2D eigenvalue weighted by atomic mass is 35.5. The van der Waals surface area contributed by atoms with E-state index in [0.29, 0.717) is 18.4 Å². The summed E-state index contributed by atoms with van der Waals surface area (Å²) < 4.78 is 49.2. The van der Waals surface area contributed by atoms with Crippen LogP contribution in [0.1, 0.15) is 17.0 Å². The van der Waals surface area contributed by atoms with Gasteiger partial charge in [0.25, 0.3) is 0 Å². The zero-order chi connectivity index (χ0) is 13.7. The molecular weight excluding hydrogens is 295 g/mol. The minimum Gasteiger partial charge on any atom is -0.303 e. The lowest BCUT2D eigenvalue weighted by atomic mass is 10.0. The Hall–Kier alpha value is -0.810. The standard InChI is InChI=1S/C11H6Cl2F4O/c12-10(13)7(4-18)9(10)5-1-2-8(14)6(3-5)11(15,16)17/h1-4,7,9H/t7-,9-/m0/s1. The Kier molecular flexibility index (Phi) is 3.10. The van der Waals surface area contributed by atoms with Crippen molar-refractivity contribution in [2.24, 2.45) is 5.92 Å². The average Bonchev–Trinajstić information content (AvgIpc) is 2.79. The topological polar surface area (TPSA) is 17.1 Å². The van der Waals surface area contributed by atoms with Crippen molar-refractivity contribution in [1.29, 1.82) is 0 Å². The third kappa shape index (κ3) is 2.10. The van der Waals surface area contributed by atoms with Crippen molar-refractivity contribution in [3.05, 3.63) is 35.1 Å². The molecule has 1 aromatic rings. The first-order valence-electron chi connectivity index (χ1n) is 4.89. The van der Waals surface area contributed by atoms with E-state index in [2.05, 4.69) is 0 Å². The number of carbonyl (C=O) groups is 1. The van der Waals surface area contributed by atoms with E-state index in [1.54, 1.807) is 0 Å². The van der Waals surface area contributed by atoms with Gasteiger partial charge in [-0.15, -0.1) is 23.2 Å². The van der Waals surface area contributed by atoms with E-state index >= 15 is 0 Å². The van der Waals surface area contributed by atoms with Gasteiger partial charge in [0.2, 0.25) is 0 Å². The van der Waals surface area contributed by atoms with Gasteiger partial charge in [-0.3, -0.25) is 0 Å². The van der Waals surface area contributed by atoms with Gasteiger partial charge in [-0.25, -0.2) is 4.39 Å². The van der Waals surface area contributed by atoms with Gasteiger partial charge in [-0.1, -0.05) is 6.07 Å². The largest absolute Gasteiger partial charge is 0.419 e. The molecule has 0 amide bonds. The number of alkyl halides is 5. The summed E-state index contributed by atoms with van der Waals surface area (Å²) in [6.45, 7) is 0. The molecule has 0 N–H and O–H groups in total. The number of hydrogen-bond donors (Lipinski definition) is 0. The molecule has 1 saturated carbocycles. The molecule has 0 unspecified atom stereocenters. The van der Waals surface area contributed by atoms with Crippen LogP contribution in [0.5, 0.6) is 0 Å². The number of carbonyl (C=O) groups excluding carboxylic acids is 1. The molecule has 2 rings (SSSR count). The van der Waals surface area contributed by atoms with Crippen molar-refractivity contribution in [3.8, 4) is 0 Å². The minimum atomic E-state index is -4.80. The third-order valence-corrected chi connectivity index (χ3v) is 3.88. The second-order valence-electron chi connectivity index (χ2n) is 4.05. The van der Waals surface area contributed by atoms with E-state index in [0.717, 1.165) is 6.07 Å². The number of rotatable bonds is 2. The average molecular weight is 301 g/mol. The molecule has 7 heteroatoms. The molecule has 1 aliphatic rings. The van der Waals surface area contributed by atoms with E-state index < -0.39 is 33.7 Å². The van der Waals surface area contributed by atoms with Crippen molar-refractivity contribution in [1.82, 2.24) is 0 Å². The molecule has 0 spiro atoms. The van der Waals surface area contributed by atoms with Crippen LogP contribution in [0.15, 0.2) is 18.2 Å². The molecule has 0 saturated heterocycles. The summed E-state index contributed by atoms with van der Waals surface area (Å²) in [7, 11) is 0. The van der Waals surface area contributed by atoms with Crippen molar-refractivity contribution >= 4 is 29.5 Å². The summed E-state index contributed by atoms with van der Waals surface area (Å²) in [6, 6.07) is 2.49. The summed E-state index contributed by atoms with van der Waals surface area (Å²) in [5, 5.41) is 0. The Labute approximate surface area is 110 Å². The lowest BCUT2D eigenvalue weighted by Crippen LogP contribution is -2.09. The first-order valence-corrected chi connectivity index (χ1v) is 5.65. The van der Waals surface area contributed by atoms with E-state index in [-0.39, 0.29) is 5.56 Å². The minimum absolute atomic E-state index is 0.103. The maximum atomic E-state index is 13.1. The normalized spacial score (nSPS) is 25.9. The SMILES string of the molecule is O=C[C@H]1[C@H](c2ccc(F)c(C(F)(F)F)c2)C1(Cl)Cl. The van der Waals surface area contributed by atoms with Crippen LogP contribution >= 0.6 is 23.2 Å². The predicted molar refractivity (Wildman–Crippen MR) is 58.1 cm³/mol. The number of benzene rings is 1. The van der Waals surface area contributed by atoms with Crippen LogP contribution in [0.25, 0.3) is 0 Å². The molecular formula is C11H6Cl2F4O. The highest BCUT2D eigenvalue weighted by Crippen LogP contribution is 2.64. The lowest BCUT2D eigenvalue weighted by Gasteiger charge is -2.10. The fraction of sp³-hybridized carbons (Fsp3) is 0.364. The van der Waals surface area contributed by atoms with E-state index in [1.165, 1.54) is 0 Å². The molecule has 1 aliphatic carbocycles. The summed E-state index contributed by atoms with van der Waals surface area (Å²) in [5.41, 5.74) is -1.29. The van der Waals surface area contributed by atoms with Gasteiger partial charge in [0.05, 0.1) is 11.5 Å². The molecule has 1 fully saturated rings. The first-order chi connectivity index (χ1) is 8.19. The van der Waals surface area contributed by atoms with Crippen LogP contribution in [-0.2, 0) is 11.0 Å². The zero-order valence-electron chi connectivity index (χ0n) is 8.64. The Morgan fingerprint density at radius 2 is 1.89 bits per heavy atom. The van der Waals surface area contributed by atoms with E-state index in [4.69, 9.17) is 23.2 Å². The van der Waals surface area contributed by atoms with Crippen LogP contribution in [-0.4, -0.2) is 10.6 Å². The monoisotopic (exact) mass is 300 g/mol. The molecule has 0 bridgehead atoms. The van der Waals surface area contributed by atoms with Crippen LogP contribution in [0.3, 0.4) is 0 Å². The second-order valence-corrected chi connectivity index (χ2v) is 5.50. The fourth-order valence-electron chi connectivity index (χ4n) is 1.90. The predicted octanol–water partition coefficient (Wildman–Crippen LogP) is 3.93. The van der Waals surface area contributed by atoms with E-state index in [9.17, 15) is 22.4 Å². The summed E-state index contributed by atoms with van der Waals surface area (Å²) in [5.74, 6) is -2.88. The molecule has 0 aliphatic heterocycles. The van der Waals surface area contributed by atoms with Crippen molar-refractivity contribution in [3.63, 3.8) is 0 Å². The Balaban J connectivity index is 2.41. The Morgan fingerprint density at radius 1 is 1.28 bits per heavy atom. The van der Waals surface area contributed by atoms with Gasteiger partial charge in [-0.2, -0.15) is 13.2 Å². The number of hydrogen-bond acceptors (Lipinski definition) is 1. The lowest BCUT2D eigenvalue weighted by molar-refractivity contribution is -0.140. The molecule has 18 heavy (non-hydrogen) atoms. The Bertz CT molecular complexity index is 498. The molecule has 0 heterocycles. The van der Waals surface area contributed by atoms with Crippen molar-refractivity contribution < 1.29 is 22.4 Å². The van der Waals surface area contributed by atoms with Gasteiger partial charge >= 0.3 is 6.18 Å². The van der Waals surface area contributed by atoms with Crippen LogP contribution in [0.4, 0.5) is 17.6 Å². The second kappa shape index (κ2) is 4.10. The van der Waals surface area contributed by atoms with Crippen molar-refractivity contribution in [2.75, 3.05) is 0 Å². The number of halogens is 6. The summed E-state index contributed by atoms with van der Waals surface area (Å²) in [6.07, 6.45) is -4.31. The summed E-state index contributed by atoms with van der Waals surface area (Å²) in [4.78, 5) is 10.7. The maximum Gasteiger partial charge on any atom is 0.419 e. The van der Waals surface area contributed by atoms with Gasteiger partial charge in [0.15, 0.2) is 0 Å². The maximum absolute atomic E-state index is 13.1. The van der Waals surface area contributed by atoms with Gasteiger partial charge in [0.1, 0.15) is 16.4 Å². The van der Waals surface area contributed by atoms with E-state index in [1.807, 2.05) is 0 Å². The first kappa shape index (κ1) is 13.6. The van der Waals surface area contributed by atoms with Gasteiger partial charge in [-0.05, 0) is 17.7 Å². The number of aldehydes is 1. The quantitative estimate of drug-likeness (QED) is 0.459. The van der Waals surface area contributed by atoms with Crippen molar-refractivity contribution in [2.45, 2.75) is 16.4 Å². The summed E-state index contributed by atoms with van der Waals surface area (Å²) >= 11 is 11.5. The van der Waals surface area contributed by atoms with Crippen LogP contribution in [0, 0.1) is 11.7 Å². The third-order valence-electron chi connectivity index (χ3n) is 2.91. The fourth-order valence-corrected chi connectivity index (χ4v) is 2.66. The molecule has 1 nitrogen and oxygen atoms in total. The highest BCUT2D eigenvalue weighted by Gasteiger charge is 2.64. The highest BCUT2D eigenvalue weighted by molar-refractivity contribution is 6.53. The molecule has 1 aromatic carbocycles.